The van der Waals surface area contributed by atoms with E-state index in [2.05, 4.69) is 16.9 Å². The van der Waals surface area contributed by atoms with Crippen molar-refractivity contribution >= 4 is 22.9 Å². The predicted octanol–water partition coefficient (Wildman–Crippen LogP) is 2.59. The van der Waals surface area contributed by atoms with Gasteiger partial charge < -0.3 is 0 Å². The number of hydrogen-bond acceptors (Lipinski definition) is 3. The first-order valence-corrected chi connectivity index (χ1v) is 5.71. The van der Waals surface area contributed by atoms with Crippen LogP contribution in [-0.2, 0) is 6.54 Å². The Morgan fingerprint density at radius 1 is 1.69 bits per heavy atom. The standard InChI is InChI=1S/C9H15ClN2S/c1-8(10)3-5-12(2)7-9-11-4-6-13-9/h4,6,8H,3,5,7H2,1-2H3. The van der Waals surface area contributed by atoms with Crippen molar-refractivity contribution in [1.29, 1.82) is 0 Å². The van der Waals surface area contributed by atoms with Gasteiger partial charge in [-0.05, 0) is 26.9 Å². The molecule has 0 saturated carbocycles. The van der Waals surface area contributed by atoms with Gasteiger partial charge in [-0.2, -0.15) is 0 Å². The van der Waals surface area contributed by atoms with E-state index in [1.165, 1.54) is 5.01 Å². The van der Waals surface area contributed by atoms with Gasteiger partial charge in [-0.25, -0.2) is 4.98 Å². The lowest BCUT2D eigenvalue weighted by Crippen LogP contribution is -2.20. The fraction of sp³-hybridized carbons (Fsp3) is 0.667. The molecule has 0 aromatic carbocycles. The van der Waals surface area contributed by atoms with Gasteiger partial charge in [0, 0.05) is 17.0 Å². The smallest absolute Gasteiger partial charge is 0.107 e. The van der Waals surface area contributed by atoms with Crippen LogP contribution >= 0.6 is 22.9 Å². The molecule has 0 aliphatic carbocycles. The van der Waals surface area contributed by atoms with Crippen LogP contribution in [0.4, 0.5) is 0 Å². The van der Waals surface area contributed by atoms with Gasteiger partial charge in [-0.15, -0.1) is 22.9 Å². The Balaban J connectivity index is 2.22. The van der Waals surface area contributed by atoms with Crippen LogP contribution in [0, 0.1) is 0 Å². The van der Waals surface area contributed by atoms with Crippen molar-refractivity contribution < 1.29 is 0 Å². The Labute approximate surface area is 88.5 Å². The lowest BCUT2D eigenvalue weighted by Gasteiger charge is -2.15. The molecule has 1 unspecified atom stereocenters. The molecule has 0 spiro atoms. The highest BCUT2D eigenvalue weighted by Gasteiger charge is 2.03. The van der Waals surface area contributed by atoms with Crippen molar-refractivity contribution in [3.8, 4) is 0 Å². The topological polar surface area (TPSA) is 16.1 Å². The summed E-state index contributed by atoms with van der Waals surface area (Å²) in [5.41, 5.74) is 0. The molecule has 13 heavy (non-hydrogen) atoms. The molecule has 1 aromatic rings. The summed E-state index contributed by atoms with van der Waals surface area (Å²) in [6.45, 7) is 3.99. The molecule has 0 saturated heterocycles. The molecule has 0 aliphatic rings. The van der Waals surface area contributed by atoms with Crippen LogP contribution in [0.2, 0.25) is 0 Å². The molecule has 2 nitrogen and oxygen atoms in total. The minimum Gasteiger partial charge on any atom is -0.300 e. The first kappa shape index (κ1) is 11.0. The summed E-state index contributed by atoms with van der Waals surface area (Å²) in [6.07, 6.45) is 2.88. The summed E-state index contributed by atoms with van der Waals surface area (Å²) in [5.74, 6) is 0. The van der Waals surface area contributed by atoms with Crippen molar-refractivity contribution in [2.75, 3.05) is 13.6 Å². The number of nitrogens with zero attached hydrogens (tertiary/aromatic N) is 2. The van der Waals surface area contributed by atoms with E-state index < -0.39 is 0 Å². The normalized spacial score (nSPS) is 13.5. The second-order valence-corrected chi connectivity index (χ2v) is 4.96. The maximum Gasteiger partial charge on any atom is 0.107 e. The van der Waals surface area contributed by atoms with Gasteiger partial charge in [0.15, 0.2) is 0 Å². The van der Waals surface area contributed by atoms with Gasteiger partial charge >= 0.3 is 0 Å². The molecule has 0 amide bonds. The zero-order valence-electron chi connectivity index (χ0n) is 8.03. The van der Waals surface area contributed by atoms with Gasteiger partial charge in [-0.1, -0.05) is 0 Å². The Morgan fingerprint density at radius 2 is 2.46 bits per heavy atom. The van der Waals surface area contributed by atoms with Gasteiger partial charge in [0.2, 0.25) is 0 Å². The molecule has 0 bridgehead atoms. The molecule has 0 N–H and O–H groups in total. The van der Waals surface area contributed by atoms with Gasteiger partial charge in [-0.3, -0.25) is 4.90 Å². The number of alkyl halides is 1. The number of rotatable bonds is 5. The monoisotopic (exact) mass is 218 g/mol. The van der Waals surface area contributed by atoms with Crippen molar-refractivity contribution in [3.63, 3.8) is 0 Å². The van der Waals surface area contributed by atoms with Gasteiger partial charge in [0.05, 0.1) is 6.54 Å². The first-order valence-electron chi connectivity index (χ1n) is 4.39. The van der Waals surface area contributed by atoms with Crippen LogP contribution in [0.1, 0.15) is 18.4 Å². The summed E-state index contributed by atoms with van der Waals surface area (Å²) < 4.78 is 0. The molecular formula is C9H15ClN2S. The van der Waals surface area contributed by atoms with E-state index in [1.807, 2.05) is 18.5 Å². The fourth-order valence-electron chi connectivity index (χ4n) is 1.04. The molecule has 4 heteroatoms. The van der Waals surface area contributed by atoms with Crippen molar-refractivity contribution in [2.24, 2.45) is 0 Å². The summed E-state index contributed by atoms with van der Waals surface area (Å²) in [5, 5.41) is 3.44. The largest absolute Gasteiger partial charge is 0.300 e. The second-order valence-electron chi connectivity index (χ2n) is 3.23. The highest BCUT2D eigenvalue weighted by Crippen LogP contribution is 2.08. The van der Waals surface area contributed by atoms with E-state index in [9.17, 15) is 0 Å². The molecule has 0 radical (unpaired) electrons. The zero-order chi connectivity index (χ0) is 9.68. The fourth-order valence-corrected chi connectivity index (χ4v) is 1.83. The summed E-state index contributed by atoms with van der Waals surface area (Å²) >= 11 is 7.56. The molecule has 0 aliphatic heterocycles. The minimum atomic E-state index is 0.263. The third-order valence-electron chi connectivity index (χ3n) is 1.80. The van der Waals surface area contributed by atoms with E-state index in [1.54, 1.807) is 11.3 Å². The molecule has 1 aromatic heterocycles. The molecular weight excluding hydrogens is 204 g/mol. The highest BCUT2D eigenvalue weighted by molar-refractivity contribution is 7.09. The Bertz CT molecular complexity index is 224. The van der Waals surface area contributed by atoms with E-state index >= 15 is 0 Å². The maximum absolute atomic E-state index is 5.86. The van der Waals surface area contributed by atoms with Crippen LogP contribution in [0.5, 0.6) is 0 Å². The number of halogens is 1. The summed E-state index contributed by atoms with van der Waals surface area (Å²) in [7, 11) is 2.10. The van der Waals surface area contributed by atoms with E-state index in [0.717, 1.165) is 19.5 Å². The second kappa shape index (κ2) is 5.58. The molecule has 0 fully saturated rings. The Hall–Kier alpha value is -0.120. The number of thiazole rings is 1. The van der Waals surface area contributed by atoms with E-state index in [0.29, 0.717) is 0 Å². The molecule has 1 heterocycles. The summed E-state index contributed by atoms with van der Waals surface area (Å²) in [4.78, 5) is 6.47. The lowest BCUT2D eigenvalue weighted by molar-refractivity contribution is 0.321. The van der Waals surface area contributed by atoms with Crippen LogP contribution in [0.15, 0.2) is 11.6 Å². The average Bonchev–Trinajstić information content (AvgIpc) is 2.53. The summed E-state index contributed by atoms with van der Waals surface area (Å²) in [6, 6.07) is 0. The van der Waals surface area contributed by atoms with Crippen molar-refractivity contribution in [1.82, 2.24) is 9.88 Å². The predicted molar refractivity (Wildman–Crippen MR) is 58.4 cm³/mol. The van der Waals surface area contributed by atoms with Crippen LogP contribution in [0.3, 0.4) is 0 Å². The third-order valence-corrected chi connectivity index (χ3v) is 2.78. The first-order chi connectivity index (χ1) is 6.18. The average molecular weight is 219 g/mol. The Kier molecular flexibility index (Phi) is 4.70. The maximum atomic E-state index is 5.86. The van der Waals surface area contributed by atoms with Crippen molar-refractivity contribution in [3.05, 3.63) is 16.6 Å². The van der Waals surface area contributed by atoms with E-state index in [-0.39, 0.29) is 5.38 Å². The molecule has 1 atom stereocenters. The van der Waals surface area contributed by atoms with Crippen molar-refractivity contribution in [2.45, 2.75) is 25.3 Å². The molecule has 74 valence electrons. The third kappa shape index (κ3) is 4.60. The van der Waals surface area contributed by atoms with Crippen LogP contribution < -0.4 is 0 Å². The minimum absolute atomic E-state index is 0.263. The Morgan fingerprint density at radius 3 is 3.00 bits per heavy atom. The van der Waals surface area contributed by atoms with E-state index in [4.69, 9.17) is 11.6 Å². The highest BCUT2D eigenvalue weighted by atomic mass is 35.5. The lowest BCUT2D eigenvalue weighted by atomic mass is 10.3. The van der Waals surface area contributed by atoms with Crippen LogP contribution in [-0.4, -0.2) is 28.9 Å². The number of aromatic nitrogens is 1. The zero-order valence-corrected chi connectivity index (χ0v) is 9.61. The quantitative estimate of drug-likeness (QED) is 0.707. The number of hydrogen-bond donors (Lipinski definition) is 0. The van der Waals surface area contributed by atoms with Crippen LogP contribution in [0.25, 0.3) is 0 Å². The van der Waals surface area contributed by atoms with Gasteiger partial charge in [0.1, 0.15) is 5.01 Å². The SMILES string of the molecule is CC(Cl)CCN(C)Cc1nccs1. The molecule has 1 rings (SSSR count). The van der Waals surface area contributed by atoms with Gasteiger partial charge in [0.25, 0.3) is 0 Å².